The summed E-state index contributed by atoms with van der Waals surface area (Å²) in [6.07, 6.45) is 5.44. The van der Waals surface area contributed by atoms with Crippen molar-refractivity contribution >= 4 is 11.9 Å². The summed E-state index contributed by atoms with van der Waals surface area (Å²) >= 11 is 0. The van der Waals surface area contributed by atoms with Gasteiger partial charge in [-0.1, -0.05) is 42.5 Å². The smallest absolute Gasteiger partial charge is 0.242 e. The number of carbonyl (C=O) groups excluding carboxylic acids is 1. The number of benzene rings is 2. The van der Waals surface area contributed by atoms with Gasteiger partial charge in [-0.15, -0.1) is 0 Å². The van der Waals surface area contributed by atoms with Crippen molar-refractivity contribution in [2.75, 3.05) is 37.7 Å². The first-order valence-electron chi connectivity index (χ1n) is 11.9. The van der Waals surface area contributed by atoms with Gasteiger partial charge in [0.25, 0.3) is 0 Å². The average molecular weight is 469 g/mol. The highest BCUT2D eigenvalue weighted by molar-refractivity contribution is 5.78. The van der Waals surface area contributed by atoms with E-state index in [0.29, 0.717) is 38.7 Å². The second kappa shape index (κ2) is 10.4. The third-order valence-corrected chi connectivity index (χ3v) is 6.02. The lowest BCUT2D eigenvalue weighted by atomic mass is 10.1. The van der Waals surface area contributed by atoms with Crippen molar-refractivity contribution in [2.45, 2.75) is 13.5 Å². The highest BCUT2D eigenvalue weighted by Crippen LogP contribution is 2.27. The van der Waals surface area contributed by atoms with Gasteiger partial charge in [-0.3, -0.25) is 4.79 Å². The van der Waals surface area contributed by atoms with E-state index in [1.807, 2.05) is 77.2 Å². The fourth-order valence-electron chi connectivity index (χ4n) is 4.26. The molecular weight excluding hydrogens is 440 g/mol. The zero-order valence-electron chi connectivity index (χ0n) is 19.7. The molecule has 0 N–H and O–H groups in total. The van der Waals surface area contributed by atoms with Crippen LogP contribution in [0.3, 0.4) is 0 Å². The van der Waals surface area contributed by atoms with Crippen LogP contribution in [0.2, 0.25) is 0 Å². The number of nitrogens with zero attached hydrogens (tertiary/aromatic N) is 6. The van der Waals surface area contributed by atoms with Gasteiger partial charge in [-0.25, -0.2) is 15.0 Å². The Morgan fingerprint density at radius 2 is 1.66 bits per heavy atom. The Morgan fingerprint density at radius 3 is 2.40 bits per heavy atom. The molecule has 1 saturated heterocycles. The van der Waals surface area contributed by atoms with Crippen molar-refractivity contribution < 1.29 is 9.53 Å². The summed E-state index contributed by atoms with van der Waals surface area (Å²) in [5.41, 5.74) is 2.73. The number of piperazine rings is 1. The maximum Gasteiger partial charge on any atom is 0.242 e. The molecule has 0 atom stereocenters. The lowest BCUT2D eigenvalue weighted by molar-refractivity contribution is -0.132. The van der Waals surface area contributed by atoms with E-state index in [1.54, 1.807) is 18.5 Å². The zero-order valence-corrected chi connectivity index (χ0v) is 19.7. The second-order valence-electron chi connectivity index (χ2n) is 8.32. The third-order valence-electron chi connectivity index (χ3n) is 6.02. The molecule has 2 aromatic heterocycles. The standard InChI is InChI=1S/C27H28N6O2/c1-2-35-23-11-6-10-22(18-23)24-19-33(26(30-24)21-8-4-3-5-9-21)20-25(34)31-14-16-32(17-15-31)27-28-12-7-13-29-27/h3-13,18-19H,2,14-17,20H2,1H3. The number of amides is 1. The number of aromatic nitrogens is 4. The molecule has 0 unspecified atom stereocenters. The molecule has 0 aliphatic carbocycles. The number of hydrogen-bond acceptors (Lipinski definition) is 6. The molecule has 8 heteroatoms. The summed E-state index contributed by atoms with van der Waals surface area (Å²) in [7, 11) is 0. The quantitative estimate of drug-likeness (QED) is 0.411. The Bertz CT molecular complexity index is 1270. The fraction of sp³-hybridized carbons (Fsp3) is 0.259. The molecule has 0 radical (unpaired) electrons. The summed E-state index contributed by atoms with van der Waals surface area (Å²) < 4.78 is 7.62. The Hall–Kier alpha value is -4.20. The maximum absolute atomic E-state index is 13.3. The van der Waals surface area contributed by atoms with Crippen LogP contribution in [-0.2, 0) is 11.3 Å². The first-order valence-corrected chi connectivity index (χ1v) is 11.9. The van der Waals surface area contributed by atoms with E-state index in [-0.39, 0.29) is 12.5 Å². The lowest BCUT2D eigenvalue weighted by Gasteiger charge is -2.34. The van der Waals surface area contributed by atoms with Crippen LogP contribution in [0, 0.1) is 0 Å². The van der Waals surface area contributed by atoms with Gasteiger partial charge in [0.2, 0.25) is 11.9 Å². The number of imidazole rings is 1. The van der Waals surface area contributed by atoms with Gasteiger partial charge < -0.3 is 19.1 Å². The number of rotatable bonds is 7. The monoisotopic (exact) mass is 468 g/mol. The second-order valence-corrected chi connectivity index (χ2v) is 8.32. The first kappa shape index (κ1) is 22.6. The van der Waals surface area contributed by atoms with Crippen molar-refractivity contribution in [1.82, 2.24) is 24.4 Å². The van der Waals surface area contributed by atoms with E-state index in [0.717, 1.165) is 28.4 Å². The van der Waals surface area contributed by atoms with E-state index < -0.39 is 0 Å². The topological polar surface area (TPSA) is 76.4 Å². The van der Waals surface area contributed by atoms with Crippen molar-refractivity contribution in [3.63, 3.8) is 0 Å². The molecule has 2 aromatic carbocycles. The van der Waals surface area contributed by atoms with Crippen LogP contribution in [0.1, 0.15) is 6.92 Å². The molecule has 1 fully saturated rings. The highest BCUT2D eigenvalue weighted by atomic mass is 16.5. The van der Waals surface area contributed by atoms with E-state index in [4.69, 9.17) is 9.72 Å². The third kappa shape index (κ3) is 5.16. The van der Waals surface area contributed by atoms with Gasteiger partial charge in [0, 0.05) is 55.9 Å². The van der Waals surface area contributed by atoms with Gasteiger partial charge in [0.05, 0.1) is 12.3 Å². The van der Waals surface area contributed by atoms with Crippen LogP contribution in [0.5, 0.6) is 5.75 Å². The largest absolute Gasteiger partial charge is 0.494 e. The van der Waals surface area contributed by atoms with E-state index in [1.165, 1.54) is 0 Å². The Kier molecular flexibility index (Phi) is 6.70. The molecule has 35 heavy (non-hydrogen) atoms. The fourth-order valence-corrected chi connectivity index (χ4v) is 4.26. The minimum absolute atomic E-state index is 0.0721. The van der Waals surface area contributed by atoms with Crippen LogP contribution in [-0.4, -0.2) is 63.1 Å². The Labute approximate surface area is 204 Å². The molecule has 5 rings (SSSR count). The minimum Gasteiger partial charge on any atom is -0.494 e. The van der Waals surface area contributed by atoms with Gasteiger partial charge in [0.1, 0.15) is 18.1 Å². The lowest BCUT2D eigenvalue weighted by Crippen LogP contribution is -2.50. The average Bonchev–Trinajstić information content (AvgIpc) is 3.34. The van der Waals surface area contributed by atoms with Gasteiger partial charge in [0.15, 0.2) is 0 Å². The molecule has 3 heterocycles. The molecular formula is C27H28N6O2. The van der Waals surface area contributed by atoms with Crippen LogP contribution in [0.4, 0.5) is 5.95 Å². The van der Waals surface area contributed by atoms with E-state index in [2.05, 4.69) is 14.9 Å². The summed E-state index contributed by atoms with van der Waals surface area (Å²) in [5, 5.41) is 0. The van der Waals surface area contributed by atoms with Gasteiger partial charge in [-0.05, 0) is 25.1 Å². The SMILES string of the molecule is CCOc1cccc(-c2cn(CC(=O)N3CCN(c4ncccn4)CC3)c(-c3ccccc3)n2)c1. The van der Waals surface area contributed by atoms with Crippen molar-refractivity contribution in [2.24, 2.45) is 0 Å². The van der Waals surface area contributed by atoms with Crippen LogP contribution in [0.25, 0.3) is 22.6 Å². The molecule has 0 spiro atoms. The van der Waals surface area contributed by atoms with Crippen LogP contribution < -0.4 is 9.64 Å². The predicted octanol–water partition coefficient (Wildman–Crippen LogP) is 3.75. The molecule has 8 nitrogen and oxygen atoms in total. The zero-order chi connectivity index (χ0) is 24.0. The molecule has 4 aromatic rings. The summed E-state index contributed by atoms with van der Waals surface area (Å²) in [6, 6.07) is 19.7. The normalized spacial score (nSPS) is 13.6. The molecule has 178 valence electrons. The summed E-state index contributed by atoms with van der Waals surface area (Å²) in [5.74, 6) is 2.35. The summed E-state index contributed by atoms with van der Waals surface area (Å²) in [4.78, 5) is 30.9. The Morgan fingerprint density at radius 1 is 0.914 bits per heavy atom. The number of ether oxygens (including phenoxy) is 1. The molecule has 1 aliphatic heterocycles. The molecule has 1 aliphatic rings. The molecule has 0 saturated carbocycles. The Balaban J connectivity index is 1.36. The van der Waals surface area contributed by atoms with E-state index in [9.17, 15) is 4.79 Å². The number of hydrogen-bond donors (Lipinski definition) is 0. The molecule has 1 amide bonds. The van der Waals surface area contributed by atoms with Crippen LogP contribution in [0.15, 0.2) is 79.3 Å². The number of anilines is 1. The van der Waals surface area contributed by atoms with Crippen molar-refractivity contribution in [3.05, 3.63) is 79.3 Å². The summed E-state index contributed by atoms with van der Waals surface area (Å²) in [6.45, 7) is 5.48. The van der Waals surface area contributed by atoms with Gasteiger partial charge >= 0.3 is 0 Å². The molecule has 0 bridgehead atoms. The first-order chi connectivity index (χ1) is 17.2. The van der Waals surface area contributed by atoms with Crippen molar-refractivity contribution in [1.29, 1.82) is 0 Å². The predicted molar refractivity (Wildman–Crippen MR) is 135 cm³/mol. The minimum atomic E-state index is 0.0721. The van der Waals surface area contributed by atoms with Gasteiger partial charge in [-0.2, -0.15) is 0 Å². The van der Waals surface area contributed by atoms with Crippen molar-refractivity contribution in [3.8, 4) is 28.4 Å². The maximum atomic E-state index is 13.3. The highest BCUT2D eigenvalue weighted by Gasteiger charge is 2.24. The van der Waals surface area contributed by atoms with E-state index >= 15 is 0 Å². The van der Waals surface area contributed by atoms with Crippen LogP contribution >= 0.6 is 0 Å². The number of carbonyl (C=O) groups is 1.